The Morgan fingerprint density at radius 2 is 1.84 bits per heavy atom. The maximum atomic E-state index is 13.9. The van der Waals surface area contributed by atoms with E-state index in [1.807, 2.05) is 44.2 Å². The van der Waals surface area contributed by atoms with Crippen LogP contribution in [-0.4, -0.2) is 44.9 Å². The summed E-state index contributed by atoms with van der Waals surface area (Å²) in [7, 11) is 1.55. The number of ketones is 1. The third-order valence-corrected chi connectivity index (χ3v) is 8.86. The number of Topliss-reactive ketones (excluding diaryl/α,β-unsaturated/α-hetero) is 1. The Kier molecular flexibility index (Phi) is 7.63. The van der Waals surface area contributed by atoms with E-state index in [1.165, 1.54) is 16.2 Å². The minimum Gasteiger partial charge on any atom is -0.505 e. The summed E-state index contributed by atoms with van der Waals surface area (Å²) in [6.07, 6.45) is 2.64. The molecule has 1 unspecified atom stereocenters. The van der Waals surface area contributed by atoms with Crippen molar-refractivity contribution < 1.29 is 24.2 Å². The van der Waals surface area contributed by atoms with Gasteiger partial charge in [-0.05, 0) is 80.1 Å². The van der Waals surface area contributed by atoms with Crippen molar-refractivity contribution in [2.24, 2.45) is 5.92 Å². The van der Waals surface area contributed by atoms with Gasteiger partial charge >= 0.3 is 5.91 Å². The van der Waals surface area contributed by atoms with E-state index in [-0.39, 0.29) is 11.3 Å². The number of carbonyl (C=O) groups is 2. The second-order valence-electron chi connectivity index (χ2n) is 11.5. The summed E-state index contributed by atoms with van der Waals surface area (Å²) >= 11 is 1.33. The molecule has 1 aliphatic heterocycles. The molecule has 4 heterocycles. The highest BCUT2D eigenvalue weighted by Crippen LogP contribution is 2.46. The molecule has 3 aromatic heterocycles. The number of hydrogen-bond donors (Lipinski definition) is 1. The highest BCUT2D eigenvalue weighted by molar-refractivity contribution is 7.22. The number of fused-ring (bicyclic) bond motifs is 2. The maximum absolute atomic E-state index is 13.9. The number of methoxy groups -OCH3 is 1. The molecular formula is C34H34N4O5S. The Morgan fingerprint density at radius 3 is 2.59 bits per heavy atom. The number of pyridine rings is 1. The van der Waals surface area contributed by atoms with Crippen LogP contribution in [0.15, 0.2) is 60.3 Å². The molecule has 6 rings (SSSR count). The number of hydrogen-bond acceptors (Lipinski definition) is 8. The first-order valence-electron chi connectivity index (χ1n) is 14.5. The fourth-order valence-electron chi connectivity index (χ4n) is 5.71. The van der Waals surface area contributed by atoms with Crippen LogP contribution in [0.4, 0.5) is 5.13 Å². The van der Waals surface area contributed by atoms with Gasteiger partial charge in [0.05, 0.1) is 41.2 Å². The Morgan fingerprint density at radius 1 is 1.05 bits per heavy atom. The van der Waals surface area contributed by atoms with Crippen molar-refractivity contribution in [3.05, 3.63) is 88.4 Å². The second-order valence-corrected chi connectivity index (χ2v) is 12.5. The van der Waals surface area contributed by atoms with Crippen LogP contribution in [0.25, 0.3) is 21.6 Å². The summed E-state index contributed by atoms with van der Waals surface area (Å²) in [5.74, 6) is -0.397. The molecule has 9 nitrogen and oxygen atoms in total. The van der Waals surface area contributed by atoms with Crippen molar-refractivity contribution in [2.45, 2.75) is 47.1 Å². The number of aromatic nitrogens is 3. The molecule has 0 spiro atoms. The molecule has 1 N–H and O–H groups in total. The fraction of sp³-hybridized carbons (Fsp3) is 0.294. The van der Waals surface area contributed by atoms with Crippen molar-refractivity contribution in [3.63, 3.8) is 0 Å². The second kappa shape index (κ2) is 11.4. The molecule has 0 aliphatic carbocycles. The van der Waals surface area contributed by atoms with Crippen molar-refractivity contribution in [3.8, 4) is 11.5 Å². The fourth-order valence-corrected chi connectivity index (χ4v) is 6.88. The molecule has 0 saturated carbocycles. The lowest BCUT2D eigenvalue weighted by Gasteiger charge is -2.24. The lowest BCUT2D eigenvalue weighted by molar-refractivity contribution is -0.132. The normalized spacial score (nSPS) is 16.5. The number of nitrogens with zero attached hydrogens (tertiary/aromatic N) is 4. The third kappa shape index (κ3) is 4.98. The van der Waals surface area contributed by atoms with E-state index in [2.05, 4.69) is 18.8 Å². The van der Waals surface area contributed by atoms with Crippen LogP contribution >= 0.6 is 11.3 Å². The van der Waals surface area contributed by atoms with Gasteiger partial charge in [-0.2, -0.15) is 0 Å². The van der Waals surface area contributed by atoms with Gasteiger partial charge in [0.1, 0.15) is 11.3 Å². The van der Waals surface area contributed by atoms with Gasteiger partial charge < -0.3 is 14.6 Å². The van der Waals surface area contributed by atoms with E-state index < -0.39 is 17.7 Å². The van der Waals surface area contributed by atoms with Crippen molar-refractivity contribution in [2.75, 3.05) is 18.6 Å². The zero-order valence-corrected chi connectivity index (χ0v) is 26.4. The predicted molar refractivity (Wildman–Crippen MR) is 172 cm³/mol. The molecule has 226 valence electrons. The van der Waals surface area contributed by atoms with Crippen molar-refractivity contribution in [1.29, 1.82) is 0 Å². The minimum atomic E-state index is -0.982. The smallest absolute Gasteiger partial charge is 0.301 e. The first kappa shape index (κ1) is 29.4. The first-order chi connectivity index (χ1) is 21.1. The SMILES string of the molecule is COc1cc(C2C(=C(O)c3c(C)nc4ccccn34)C(=O)C(=O)N2c2nc3c(C)cc(C)cc3s2)ccc1OCCC(C)C. The summed E-state index contributed by atoms with van der Waals surface area (Å²) in [4.78, 5) is 38.6. The average Bonchev–Trinajstić information content (AvgIpc) is 3.63. The lowest BCUT2D eigenvalue weighted by Crippen LogP contribution is -2.29. The lowest BCUT2D eigenvalue weighted by atomic mass is 9.96. The van der Waals surface area contributed by atoms with Gasteiger partial charge in [-0.1, -0.05) is 43.4 Å². The topological polar surface area (TPSA) is 106 Å². The van der Waals surface area contributed by atoms with Crippen LogP contribution in [0.5, 0.6) is 11.5 Å². The van der Waals surface area contributed by atoms with Gasteiger partial charge in [0.15, 0.2) is 22.4 Å². The molecular weight excluding hydrogens is 576 g/mol. The van der Waals surface area contributed by atoms with Gasteiger partial charge in [0.2, 0.25) is 0 Å². The summed E-state index contributed by atoms with van der Waals surface area (Å²) < 4.78 is 14.3. The van der Waals surface area contributed by atoms with Crippen molar-refractivity contribution >= 4 is 49.8 Å². The van der Waals surface area contributed by atoms with E-state index in [0.29, 0.717) is 51.8 Å². The summed E-state index contributed by atoms with van der Waals surface area (Å²) in [5.41, 5.74) is 4.81. The molecule has 10 heteroatoms. The molecule has 1 aliphatic rings. The monoisotopic (exact) mass is 610 g/mol. The Labute approximate surface area is 259 Å². The van der Waals surface area contributed by atoms with Gasteiger partial charge in [-0.3, -0.25) is 18.9 Å². The number of aryl methyl sites for hydroxylation is 3. The Bertz CT molecular complexity index is 1970. The zero-order chi connectivity index (χ0) is 31.3. The van der Waals surface area contributed by atoms with Crippen LogP contribution in [0.3, 0.4) is 0 Å². The van der Waals surface area contributed by atoms with Crippen LogP contribution in [-0.2, 0) is 9.59 Å². The number of amides is 1. The van der Waals surface area contributed by atoms with Crippen molar-refractivity contribution in [1.82, 2.24) is 14.4 Å². The standard InChI is InChI=1S/C34H34N4O5S/c1-18(2)12-14-43-23-11-10-22(17-24(23)42-6)30-27(31(39)29-21(5)35-26-9-7-8-13-37(26)29)32(40)33(41)38(30)34-36-28-20(4)15-19(3)16-25(28)44-34/h7-11,13,15-18,30,39H,12,14H2,1-6H3. The Hall–Kier alpha value is -4.70. The number of ether oxygens (including phenoxy) is 2. The van der Waals surface area contributed by atoms with E-state index in [4.69, 9.17) is 14.5 Å². The van der Waals surface area contributed by atoms with E-state index in [1.54, 1.807) is 42.8 Å². The van der Waals surface area contributed by atoms with Gasteiger partial charge in [0, 0.05) is 6.20 Å². The van der Waals surface area contributed by atoms with Crippen LogP contribution in [0, 0.1) is 26.7 Å². The van der Waals surface area contributed by atoms with Gasteiger partial charge in [0.25, 0.3) is 5.78 Å². The number of thiazole rings is 1. The first-order valence-corrected chi connectivity index (χ1v) is 15.3. The number of rotatable bonds is 8. The van der Waals surface area contributed by atoms with Crippen LogP contribution in [0.1, 0.15) is 54.4 Å². The summed E-state index contributed by atoms with van der Waals surface area (Å²) in [6, 6.07) is 13.9. The zero-order valence-electron chi connectivity index (χ0n) is 25.5. The third-order valence-electron chi connectivity index (χ3n) is 7.85. The molecule has 2 aromatic carbocycles. The molecule has 0 bridgehead atoms. The number of aliphatic hydroxyl groups excluding tert-OH is 1. The van der Waals surface area contributed by atoms with Crippen LogP contribution < -0.4 is 14.4 Å². The number of imidazole rings is 1. The molecule has 1 fully saturated rings. The Balaban J connectivity index is 1.56. The molecule has 1 atom stereocenters. The largest absolute Gasteiger partial charge is 0.505 e. The quantitative estimate of drug-likeness (QED) is 0.115. The maximum Gasteiger partial charge on any atom is 0.301 e. The number of benzene rings is 2. The summed E-state index contributed by atoms with van der Waals surface area (Å²) in [6.45, 7) is 10.5. The number of aliphatic hydroxyl groups is 1. The molecule has 1 saturated heterocycles. The van der Waals surface area contributed by atoms with E-state index in [9.17, 15) is 14.7 Å². The van der Waals surface area contributed by atoms with E-state index in [0.717, 1.165) is 27.8 Å². The van der Waals surface area contributed by atoms with E-state index >= 15 is 0 Å². The predicted octanol–water partition coefficient (Wildman–Crippen LogP) is 6.93. The van der Waals surface area contributed by atoms with Gasteiger partial charge in [-0.25, -0.2) is 9.97 Å². The number of carbonyl (C=O) groups excluding carboxylic acids is 2. The van der Waals surface area contributed by atoms with Gasteiger partial charge in [-0.15, -0.1) is 0 Å². The highest BCUT2D eigenvalue weighted by atomic mass is 32.1. The molecule has 1 amide bonds. The summed E-state index contributed by atoms with van der Waals surface area (Å²) in [5, 5.41) is 12.3. The highest BCUT2D eigenvalue weighted by Gasteiger charge is 2.49. The molecule has 44 heavy (non-hydrogen) atoms. The average molecular weight is 611 g/mol. The molecule has 5 aromatic rings. The molecule has 0 radical (unpaired) electrons. The minimum absolute atomic E-state index is 0.0496. The van der Waals surface area contributed by atoms with Crippen LogP contribution in [0.2, 0.25) is 0 Å². The number of anilines is 1.